The van der Waals surface area contributed by atoms with Crippen molar-refractivity contribution < 1.29 is 4.79 Å². The van der Waals surface area contributed by atoms with E-state index in [2.05, 4.69) is 5.32 Å². The molecule has 2 rings (SSSR count). The number of nitrogens with one attached hydrogen (secondary N) is 1. The Labute approximate surface area is 125 Å². The summed E-state index contributed by atoms with van der Waals surface area (Å²) in [6.45, 7) is 0.578. The Balaban J connectivity index is 2.20. The van der Waals surface area contributed by atoms with Crippen molar-refractivity contribution >= 4 is 17.3 Å². The van der Waals surface area contributed by atoms with Crippen LogP contribution in [0.15, 0.2) is 48.5 Å². The number of nitrogens with two attached hydrogens (primary N) is 1. The summed E-state index contributed by atoms with van der Waals surface area (Å²) in [5.41, 5.74) is 9.06. The molecule has 110 valence electrons. The van der Waals surface area contributed by atoms with Gasteiger partial charge in [0.05, 0.1) is 11.4 Å². The second-order valence-corrected chi connectivity index (χ2v) is 5.10. The molecule has 0 fully saturated rings. The van der Waals surface area contributed by atoms with Crippen LogP contribution in [-0.4, -0.2) is 26.5 Å². The van der Waals surface area contributed by atoms with Crippen LogP contribution in [0.3, 0.4) is 0 Å². The third-order valence-electron chi connectivity index (χ3n) is 3.26. The number of nitrogens with zero attached hydrogens (tertiary/aromatic N) is 1. The van der Waals surface area contributed by atoms with Gasteiger partial charge in [-0.25, -0.2) is 0 Å². The molecule has 3 N–H and O–H groups in total. The lowest BCUT2D eigenvalue weighted by molar-refractivity contribution is 0.102. The summed E-state index contributed by atoms with van der Waals surface area (Å²) in [6, 6.07) is 15.3. The Morgan fingerprint density at radius 1 is 1.14 bits per heavy atom. The van der Waals surface area contributed by atoms with Gasteiger partial charge in [0.15, 0.2) is 0 Å². The first-order chi connectivity index (χ1) is 10.1. The molecule has 4 nitrogen and oxygen atoms in total. The third kappa shape index (κ3) is 3.83. The van der Waals surface area contributed by atoms with E-state index in [1.165, 1.54) is 0 Å². The summed E-state index contributed by atoms with van der Waals surface area (Å²) in [6.07, 6.45) is 0.773. The monoisotopic (exact) mass is 283 g/mol. The van der Waals surface area contributed by atoms with E-state index in [1.807, 2.05) is 67.5 Å². The first-order valence-electron chi connectivity index (χ1n) is 6.98. The average molecular weight is 283 g/mol. The van der Waals surface area contributed by atoms with E-state index >= 15 is 0 Å². The van der Waals surface area contributed by atoms with Gasteiger partial charge in [-0.05, 0) is 42.8 Å². The average Bonchev–Trinajstić information content (AvgIpc) is 2.48. The Hall–Kier alpha value is -2.33. The molecule has 0 aliphatic heterocycles. The van der Waals surface area contributed by atoms with Gasteiger partial charge in [-0.15, -0.1) is 0 Å². The van der Waals surface area contributed by atoms with Gasteiger partial charge < -0.3 is 16.0 Å². The van der Waals surface area contributed by atoms with Gasteiger partial charge in [0.1, 0.15) is 0 Å². The number of para-hydroxylation sites is 2. The molecule has 0 aliphatic carbocycles. The van der Waals surface area contributed by atoms with Crippen molar-refractivity contribution in [3.8, 4) is 0 Å². The van der Waals surface area contributed by atoms with Crippen molar-refractivity contribution in [1.29, 1.82) is 0 Å². The number of rotatable bonds is 5. The molecule has 0 heterocycles. The van der Waals surface area contributed by atoms with Crippen LogP contribution >= 0.6 is 0 Å². The summed E-state index contributed by atoms with van der Waals surface area (Å²) in [5, 5.41) is 2.97. The molecule has 1 amide bonds. The Bertz CT molecular complexity index is 623. The SMILES string of the molecule is CN(C)c1ccccc1NC(=O)c1cccc(CCN)c1. The number of anilines is 2. The van der Waals surface area contributed by atoms with Gasteiger partial charge in [0.25, 0.3) is 5.91 Å². The maximum absolute atomic E-state index is 12.4. The molecule has 4 heteroatoms. The molecule has 2 aromatic carbocycles. The number of amides is 1. The molecular formula is C17H21N3O. The highest BCUT2D eigenvalue weighted by molar-refractivity contribution is 6.06. The lowest BCUT2D eigenvalue weighted by Gasteiger charge is -2.17. The summed E-state index contributed by atoms with van der Waals surface area (Å²) in [4.78, 5) is 14.4. The summed E-state index contributed by atoms with van der Waals surface area (Å²) in [7, 11) is 3.90. The second kappa shape index (κ2) is 6.90. The molecule has 0 bridgehead atoms. The van der Waals surface area contributed by atoms with Crippen molar-refractivity contribution in [3.63, 3.8) is 0 Å². The van der Waals surface area contributed by atoms with Crippen LogP contribution in [-0.2, 0) is 6.42 Å². The highest BCUT2D eigenvalue weighted by Gasteiger charge is 2.10. The molecule has 0 saturated heterocycles. The predicted molar refractivity (Wildman–Crippen MR) is 87.9 cm³/mol. The van der Waals surface area contributed by atoms with Crippen LogP contribution in [0.2, 0.25) is 0 Å². The van der Waals surface area contributed by atoms with Crippen LogP contribution < -0.4 is 16.0 Å². The molecule has 0 saturated carbocycles. The molecule has 0 aliphatic rings. The zero-order valence-electron chi connectivity index (χ0n) is 12.5. The minimum Gasteiger partial charge on any atom is -0.376 e. The maximum atomic E-state index is 12.4. The minimum absolute atomic E-state index is 0.108. The highest BCUT2D eigenvalue weighted by atomic mass is 16.1. The molecule has 0 unspecified atom stereocenters. The van der Waals surface area contributed by atoms with Gasteiger partial charge in [0.2, 0.25) is 0 Å². The lowest BCUT2D eigenvalue weighted by atomic mass is 10.1. The van der Waals surface area contributed by atoms with Gasteiger partial charge in [0, 0.05) is 19.7 Å². The van der Waals surface area contributed by atoms with E-state index in [1.54, 1.807) is 0 Å². The Morgan fingerprint density at radius 3 is 2.62 bits per heavy atom. The van der Waals surface area contributed by atoms with Crippen molar-refractivity contribution in [1.82, 2.24) is 0 Å². The fourth-order valence-electron chi connectivity index (χ4n) is 2.20. The van der Waals surface area contributed by atoms with E-state index in [9.17, 15) is 4.79 Å². The zero-order chi connectivity index (χ0) is 15.2. The van der Waals surface area contributed by atoms with Crippen LogP contribution in [0.25, 0.3) is 0 Å². The normalized spacial score (nSPS) is 10.2. The first-order valence-corrected chi connectivity index (χ1v) is 6.98. The second-order valence-electron chi connectivity index (χ2n) is 5.10. The first kappa shape index (κ1) is 15.1. The number of benzene rings is 2. The van der Waals surface area contributed by atoms with Crippen molar-refractivity contribution in [2.45, 2.75) is 6.42 Å². The zero-order valence-corrected chi connectivity index (χ0v) is 12.5. The van der Waals surface area contributed by atoms with Crippen molar-refractivity contribution in [2.24, 2.45) is 5.73 Å². The predicted octanol–water partition coefficient (Wildman–Crippen LogP) is 2.51. The van der Waals surface area contributed by atoms with E-state index in [4.69, 9.17) is 5.73 Å². The molecular weight excluding hydrogens is 262 g/mol. The lowest BCUT2D eigenvalue weighted by Crippen LogP contribution is -2.17. The van der Waals surface area contributed by atoms with Crippen LogP contribution in [0, 0.1) is 0 Å². The molecule has 0 radical (unpaired) electrons. The number of hydrogen-bond donors (Lipinski definition) is 2. The summed E-state index contributed by atoms with van der Waals surface area (Å²) < 4.78 is 0. The quantitative estimate of drug-likeness (QED) is 0.886. The number of carbonyl (C=O) groups excluding carboxylic acids is 1. The molecule has 0 spiro atoms. The van der Waals surface area contributed by atoms with E-state index in [0.717, 1.165) is 23.4 Å². The molecule has 2 aromatic rings. The van der Waals surface area contributed by atoms with Gasteiger partial charge >= 0.3 is 0 Å². The summed E-state index contributed by atoms with van der Waals surface area (Å²) >= 11 is 0. The van der Waals surface area contributed by atoms with Gasteiger partial charge in [-0.1, -0.05) is 24.3 Å². The van der Waals surface area contributed by atoms with Crippen LogP contribution in [0.5, 0.6) is 0 Å². The minimum atomic E-state index is -0.108. The largest absolute Gasteiger partial charge is 0.376 e. The smallest absolute Gasteiger partial charge is 0.255 e. The van der Waals surface area contributed by atoms with E-state index < -0.39 is 0 Å². The highest BCUT2D eigenvalue weighted by Crippen LogP contribution is 2.24. The molecule has 0 atom stereocenters. The third-order valence-corrected chi connectivity index (χ3v) is 3.26. The number of hydrogen-bond acceptors (Lipinski definition) is 3. The standard InChI is InChI=1S/C17H21N3O/c1-20(2)16-9-4-3-8-15(16)19-17(21)14-7-5-6-13(12-14)10-11-18/h3-9,12H,10-11,18H2,1-2H3,(H,19,21). The fraction of sp³-hybridized carbons (Fsp3) is 0.235. The van der Waals surface area contributed by atoms with Gasteiger partial charge in [-0.2, -0.15) is 0 Å². The fourth-order valence-corrected chi connectivity index (χ4v) is 2.20. The van der Waals surface area contributed by atoms with E-state index in [-0.39, 0.29) is 5.91 Å². The Morgan fingerprint density at radius 2 is 1.90 bits per heavy atom. The molecule has 21 heavy (non-hydrogen) atoms. The Kier molecular flexibility index (Phi) is 4.95. The summed E-state index contributed by atoms with van der Waals surface area (Å²) in [5.74, 6) is -0.108. The van der Waals surface area contributed by atoms with E-state index in [0.29, 0.717) is 12.1 Å². The van der Waals surface area contributed by atoms with Crippen LogP contribution in [0.4, 0.5) is 11.4 Å². The molecule has 0 aromatic heterocycles. The van der Waals surface area contributed by atoms with Gasteiger partial charge in [-0.3, -0.25) is 4.79 Å². The maximum Gasteiger partial charge on any atom is 0.255 e. The van der Waals surface area contributed by atoms with Crippen molar-refractivity contribution in [2.75, 3.05) is 30.9 Å². The topological polar surface area (TPSA) is 58.4 Å². The van der Waals surface area contributed by atoms with Crippen LogP contribution in [0.1, 0.15) is 15.9 Å². The van der Waals surface area contributed by atoms with Crippen molar-refractivity contribution in [3.05, 3.63) is 59.7 Å². The number of carbonyl (C=O) groups is 1.